The Labute approximate surface area is 141 Å². The predicted molar refractivity (Wildman–Crippen MR) is 97.5 cm³/mol. The minimum Gasteiger partial charge on any atom is -0.508 e. The zero-order valence-corrected chi connectivity index (χ0v) is 15.2. The van der Waals surface area contributed by atoms with E-state index in [0.717, 1.165) is 44.9 Å². The van der Waals surface area contributed by atoms with E-state index in [-0.39, 0.29) is 10.8 Å². The van der Waals surface area contributed by atoms with Crippen molar-refractivity contribution in [3.8, 4) is 0 Å². The molecule has 23 heavy (non-hydrogen) atoms. The molecule has 2 aliphatic carbocycles. The van der Waals surface area contributed by atoms with Gasteiger partial charge in [0.25, 0.3) is 0 Å². The fourth-order valence-corrected chi connectivity index (χ4v) is 4.26. The second-order valence-corrected chi connectivity index (χ2v) is 7.80. The molecule has 2 unspecified atom stereocenters. The molecule has 0 spiro atoms. The van der Waals surface area contributed by atoms with Gasteiger partial charge >= 0.3 is 0 Å². The van der Waals surface area contributed by atoms with Crippen LogP contribution in [-0.4, -0.2) is 10.2 Å². The van der Waals surface area contributed by atoms with E-state index in [0.29, 0.717) is 11.5 Å². The average Bonchev–Trinajstić information content (AvgIpc) is 2.48. The standard InChI is InChI=1S/C21H32O2/c1-5-7-16-13-18(22)9-11-20(16,3)15-21(4)12-10-19(23)14-17(21)8-6-2/h9-10,13-14,22-23H,5-8,11-12,15H2,1-4H3. The summed E-state index contributed by atoms with van der Waals surface area (Å²) >= 11 is 0. The normalized spacial score (nSPS) is 31.1. The summed E-state index contributed by atoms with van der Waals surface area (Å²) < 4.78 is 0. The summed E-state index contributed by atoms with van der Waals surface area (Å²) in [5.74, 6) is 0.836. The summed E-state index contributed by atoms with van der Waals surface area (Å²) in [6.07, 6.45) is 15.0. The Morgan fingerprint density at radius 3 is 1.57 bits per heavy atom. The summed E-state index contributed by atoms with van der Waals surface area (Å²) in [6.45, 7) is 9.07. The number of rotatable bonds is 6. The number of hydrogen-bond donors (Lipinski definition) is 2. The van der Waals surface area contributed by atoms with Gasteiger partial charge in [0.05, 0.1) is 0 Å². The van der Waals surface area contributed by atoms with Crippen LogP contribution in [-0.2, 0) is 0 Å². The second-order valence-electron chi connectivity index (χ2n) is 7.80. The molecule has 0 aromatic carbocycles. The molecule has 0 bridgehead atoms. The van der Waals surface area contributed by atoms with Gasteiger partial charge < -0.3 is 10.2 Å². The first-order valence-corrected chi connectivity index (χ1v) is 9.03. The first-order chi connectivity index (χ1) is 10.8. The van der Waals surface area contributed by atoms with Crippen LogP contribution in [0.1, 0.15) is 72.6 Å². The number of hydrogen-bond acceptors (Lipinski definition) is 2. The molecule has 0 aliphatic heterocycles. The van der Waals surface area contributed by atoms with Crippen molar-refractivity contribution in [3.63, 3.8) is 0 Å². The molecular formula is C21H32O2. The monoisotopic (exact) mass is 316 g/mol. The van der Waals surface area contributed by atoms with E-state index in [9.17, 15) is 10.2 Å². The Morgan fingerprint density at radius 1 is 0.826 bits per heavy atom. The van der Waals surface area contributed by atoms with Crippen LogP contribution in [0, 0.1) is 10.8 Å². The highest BCUT2D eigenvalue weighted by Crippen LogP contribution is 2.52. The average molecular weight is 316 g/mol. The van der Waals surface area contributed by atoms with E-state index in [1.807, 2.05) is 24.3 Å². The third-order valence-electron chi connectivity index (χ3n) is 5.54. The van der Waals surface area contributed by atoms with Gasteiger partial charge in [-0.1, -0.05) is 51.7 Å². The third-order valence-corrected chi connectivity index (χ3v) is 5.54. The molecule has 2 rings (SSSR count). The van der Waals surface area contributed by atoms with Crippen LogP contribution in [0.25, 0.3) is 0 Å². The molecule has 0 amide bonds. The highest BCUT2D eigenvalue weighted by Gasteiger charge is 2.40. The minimum atomic E-state index is 0.0879. The van der Waals surface area contributed by atoms with Gasteiger partial charge in [-0.3, -0.25) is 0 Å². The maximum atomic E-state index is 9.91. The molecule has 0 heterocycles. The van der Waals surface area contributed by atoms with Gasteiger partial charge in [-0.15, -0.1) is 0 Å². The van der Waals surface area contributed by atoms with Crippen molar-refractivity contribution in [2.75, 3.05) is 0 Å². The number of allylic oxidation sites excluding steroid dienone is 6. The van der Waals surface area contributed by atoms with Crippen LogP contribution in [0.4, 0.5) is 0 Å². The Morgan fingerprint density at radius 2 is 1.22 bits per heavy atom. The lowest BCUT2D eigenvalue weighted by atomic mass is 9.60. The smallest absolute Gasteiger partial charge is 0.111 e. The van der Waals surface area contributed by atoms with Crippen LogP contribution < -0.4 is 0 Å². The summed E-state index contributed by atoms with van der Waals surface area (Å²) in [5.41, 5.74) is 2.92. The van der Waals surface area contributed by atoms with Gasteiger partial charge in [-0.25, -0.2) is 0 Å². The van der Waals surface area contributed by atoms with Crippen molar-refractivity contribution in [3.05, 3.63) is 47.0 Å². The third kappa shape index (κ3) is 3.91. The lowest BCUT2D eigenvalue weighted by Gasteiger charge is -2.44. The lowest BCUT2D eigenvalue weighted by Crippen LogP contribution is -2.33. The molecule has 0 saturated heterocycles. The zero-order chi connectivity index (χ0) is 17.1. The molecule has 2 heteroatoms. The number of aliphatic hydroxyl groups is 2. The minimum absolute atomic E-state index is 0.0879. The highest BCUT2D eigenvalue weighted by molar-refractivity contribution is 5.34. The van der Waals surface area contributed by atoms with Gasteiger partial charge in [-0.05, 0) is 67.2 Å². The lowest BCUT2D eigenvalue weighted by molar-refractivity contribution is 0.209. The second kappa shape index (κ2) is 6.98. The molecule has 2 aliphatic rings. The van der Waals surface area contributed by atoms with Crippen molar-refractivity contribution in [1.29, 1.82) is 0 Å². The van der Waals surface area contributed by atoms with Gasteiger partial charge in [0.2, 0.25) is 0 Å². The van der Waals surface area contributed by atoms with Crippen LogP contribution in [0.3, 0.4) is 0 Å². The molecule has 2 atom stereocenters. The van der Waals surface area contributed by atoms with E-state index in [4.69, 9.17) is 0 Å². The molecule has 0 aromatic rings. The Balaban J connectivity index is 2.28. The van der Waals surface area contributed by atoms with E-state index >= 15 is 0 Å². The SMILES string of the molecule is CCCC1=CC(O)=CCC1(C)CC1(C)CC=C(O)C=C1CCC. The molecule has 0 saturated carbocycles. The van der Waals surface area contributed by atoms with Crippen molar-refractivity contribution in [1.82, 2.24) is 0 Å². The molecule has 128 valence electrons. The van der Waals surface area contributed by atoms with Gasteiger partial charge in [0.1, 0.15) is 11.5 Å². The summed E-state index contributed by atoms with van der Waals surface area (Å²) in [4.78, 5) is 0. The first-order valence-electron chi connectivity index (χ1n) is 9.03. The first kappa shape index (κ1) is 17.9. The van der Waals surface area contributed by atoms with Crippen molar-refractivity contribution in [2.45, 2.75) is 72.6 Å². The van der Waals surface area contributed by atoms with Crippen LogP contribution in [0.5, 0.6) is 0 Å². The molecule has 0 aromatic heterocycles. The topological polar surface area (TPSA) is 40.5 Å². The maximum Gasteiger partial charge on any atom is 0.111 e. The van der Waals surface area contributed by atoms with Crippen LogP contribution in [0.15, 0.2) is 47.0 Å². The van der Waals surface area contributed by atoms with Gasteiger partial charge in [0.15, 0.2) is 0 Å². The van der Waals surface area contributed by atoms with E-state index in [1.54, 1.807) is 0 Å². The Bertz CT molecular complexity index is 514. The maximum absolute atomic E-state index is 9.91. The molecule has 0 radical (unpaired) electrons. The van der Waals surface area contributed by atoms with Crippen LogP contribution in [0.2, 0.25) is 0 Å². The summed E-state index contributed by atoms with van der Waals surface area (Å²) in [6, 6.07) is 0. The van der Waals surface area contributed by atoms with E-state index < -0.39 is 0 Å². The molecule has 0 fully saturated rings. The molecule has 2 N–H and O–H groups in total. The van der Waals surface area contributed by atoms with E-state index in [2.05, 4.69) is 27.7 Å². The van der Waals surface area contributed by atoms with Crippen molar-refractivity contribution >= 4 is 0 Å². The largest absolute Gasteiger partial charge is 0.508 e. The Hall–Kier alpha value is -1.44. The van der Waals surface area contributed by atoms with E-state index in [1.165, 1.54) is 11.1 Å². The zero-order valence-electron chi connectivity index (χ0n) is 15.2. The fraction of sp³-hybridized carbons (Fsp3) is 0.619. The molecule has 2 nitrogen and oxygen atoms in total. The Kier molecular flexibility index (Phi) is 5.44. The van der Waals surface area contributed by atoms with Gasteiger partial charge in [-0.2, -0.15) is 0 Å². The predicted octanol–water partition coefficient (Wildman–Crippen LogP) is 6.53. The highest BCUT2D eigenvalue weighted by atomic mass is 16.3. The summed E-state index contributed by atoms with van der Waals surface area (Å²) in [5, 5.41) is 19.8. The van der Waals surface area contributed by atoms with Crippen molar-refractivity contribution in [2.24, 2.45) is 10.8 Å². The molecular weight excluding hydrogens is 284 g/mol. The van der Waals surface area contributed by atoms with Crippen LogP contribution >= 0.6 is 0 Å². The van der Waals surface area contributed by atoms with Crippen molar-refractivity contribution < 1.29 is 10.2 Å². The van der Waals surface area contributed by atoms with Gasteiger partial charge in [0, 0.05) is 0 Å². The fourth-order valence-electron chi connectivity index (χ4n) is 4.26. The summed E-state index contributed by atoms with van der Waals surface area (Å²) in [7, 11) is 0. The quantitative estimate of drug-likeness (QED) is 0.584. The number of aliphatic hydroxyl groups excluding tert-OH is 2.